The first-order chi connectivity index (χ1) is 7.38. The molecule has 8 heteroatoms. The Morgan fingerprint density at radius 2 is 1.94 bits per heavy atom. The maximum atomic E-state index is 11.4. The second kappa shape index (κ2) is 7.07. The summed E-state index contributed by atoms with van der Waals surface area (Å²) in [5, 5.41) is 12.8. The number of carbonyl (C=O) groups excluding carboxylic acids is 2. The fourth-order valence-corrected chi connectivity index (χ4v) is 1.04. The molecule has 0 aliphatic heterocycles. The SMILES string of the molecule is C[C@H](N)C(=O)N[C@@H](CS)C(=O)NCC(=O)O. The van der Waals surface area contributed by atoms with E-state index in [1.165, 1.54) is 6.92 Å². The number of aliphatic carboxylic acids is 1. The highest BCUT2D eigenvalue weighted by Crippen LogP contribution is 1.90. The lowest BCUT2D eigenvalue weighted by atomic mass is 10.2. The van der Waals surface area contributed by atoms with Gasteiger partial charge in [0.15, 0.2) is 0 Å². The van der Waals surface area contributed by atoms with E-state index in [1.807, 2.05) is 0 Å². The normalized spacial score (nSPS) is 13.7. The van der Waals surface area contributed by atoms with Gasteiger partial charge in [0.05, 0.1) is 6.04 Å². The first kappa shape index (κ1) is 14.7. The summed E-state index contributed by atoms with van der Waals surface area (Å²) in [5.41, 5.74) is 5.30. The molecular formula is C8H15N3O4S. The number of rotatable bonds is 6. The third-order valence-electron chi connectivity index (χ3n) is 1.64. The Balaban J connectivity index is 4.22. The second-order valence-electron chi connectivity index (χ2n) is 3.14. The third-order valence-corrected chi connectivity index (χ3v) is 2.01. The van der Waals surface area contributed by atoms with Crippen LogP contribution >= 0.6 is 12.6 Å². The minimum absolute atomic E-state index is 0.0594. The molecule has 0 rings (SSSR count). The third kappa shape index (κ3) is 5.56. The van der Waals surface area contributed by atoms with Gasteiger partial charge >= 0.3 is 5.97 Å². The minimum atomic E-state index is -1.16. The number of nitrogens with one attached hydrogen (secondary N) is 2. The first-order valence-corrected chi connectivity index (χ1v) is 5.18. The number of carbonyl (C=O) groups is 3. The van der Waals surface area contributed by atoms with E-state index in [1.54, 1.807) is 0 Å². The molecule has 16 heavy (non-hydrogen) atoms. The van der Waals surface area contributed by atoms with E-state index < -0.39 is 36.4 Å². The van der Waals surface area contributed by atoms with E-state index >= 15 is 0 Å². The molecule has 0 heterocycles. The lowest BCUT2D eigenvalue weighted by Gasteiger charge is -2.16. The second-order valence-corrected chi connectivity index (χ2v) is 3.51. The molecule has 0 saturated carbocycles. The summed E-state index contributed by atoms with van der Waals surface area (Å²) in [6.07, 6.45) is 0. The van der Waals surface area contributed by atoms with Crippen LogP contribution in [0.15, 0.2) is 0 Å². The highest BCUT2D eigenvalue weighted by Gasteiger charge is 2.20. The fourth-order valence-electron chi connectivity index (χ4n) is 0.783. The van der Waals surface area contributed by atoms with Crippen LogP contribution in [0.25, 0.3) is 0 Å². The average Bonchev–Trinajstić information content (AvgIpc) is 2.21. The zero-order valence-electron chi connectivity index (χ0n) is 8.77. The van der Waals surface area contributed by atoms with Crippen LogP contribution in [0.2, 0.25) is 0 Å². The van der Waals surface area contributed by atoms with Gasteiger partial charge in [0.2, 0.25) is 11.8 Å². The summed E-state index contributed by atoms with van der Waals surface area (Å²) in [5.74, 6) is -2.20. The van der Waals surface area contributed by atoms with Gasteiger partial charge in [-0.2, -0.15) is 12.6 Å². The Morgan fingerprint density at radius 1 is 1.38 bits per heavy atom. The Hall–Kier alpha value is -1.28. The maximum absolute atomic E-state index is 11.4. The Morgan fingerprint density at radius 3 is 2.31 bits per heavy atom. The largest absolute Gasteiger partial charge is 0.480 e. The summed E-state index contributed by atoms with van der Waals surface area (Å²) in [6, 6.07) is -1.63. The summed E-state index contributed by atoms with van der Waals surface area (Å²) < 4.78 is 0. The number of nitrogens with two attached hydrogens (primary N) is 1. The Kier molecular flexibility index (Phi) is 6.50. The van der Waals surface area contributed by atoms with E-state index in [2.05, 4.69) is 23.3 Å². The van der Waals surface area contributed by atoms with E-state index in [4.69, 9.17) is 10.8 Å². The number of carboxylic acids is 1. The molecule has 0 unspecified atom stereocenters. The molecule has 0 aliphatic rings. The standard InChI is InChI=1S/C8H15N3O4S/c1-4(9)7(14)11-5(3-16)8(15)10-2-6(12)13/h4-5,16H,2-3,9H2,1H3,(H,10,15)(H,11,14)(H,12,13)/t4-,5-/m0/s1. The zero-order chi connectivity index (χ0) is 12.7. The van der Waals surface area contributed by atoms with Crippen molar-refractivity contribution < 1.29 is 19.5 Å². The predicted molar refractivity (Wildman–Crippen MR) is 60.1 cm³/mol. The van der Waals surface area contributed by atoms with Crippen LogP contribution in [0.1, 0.15) is 6.92 Å². The lowest BCUT2D eigenvalue weighted by molar-refractivity contribution is -0.138. The smallest absolute Gasteiger partial charge is 0.322 e. The van der Waals surface area contributed by atoms with E-state index in [-0.39, 0.29) is 5.75 Å². The van der Waals surface area contributed by atoms with Crippen molar-refractivity contribution >= 4 is 30.4 Å². The van der Waals surface area contributed by atoms with Gasteiger partial charge in [-0.1, -0.05) is 0 Å². The molecule has 92 valence electrons. The summed E-state index contributed by atoms with van der Waals surface area (Å²) in [4.78, 5) is 32.8. The molecule has 0 fully saturated rings. The molecule has 0 aromatic rings. The van der Waals surface area contributed by atoms with Gasteiger partial charge < -0.3 is 21.5 Å². The van der Waals surface area contributed by atoms with Gasteiger partial charge in [-0.3, -0.25) is 14.4 Å². The van der Waals surface area contributed by atoms with Crippen molar-refractivity contribution in [3.63, 3.8) is 0 Å². The zero-order valence-corrected chi connectivity index (χ0v) is 9.66. The summed E-state index contributed by atoms with van der Waals surface area (Å²) >= 11 is 3.88. The molecule has 0 bridgehead atoms. The van der Waals surface area contributed by atoms with Crippen molar-refractivity contribution in [3.05, 3.63) is 0 Å². The molecule has 2 amide bonds. The first-order valence-electron chi connectivity index (χ1n) is 4.54. The highest BCUT2D eigenvalue weighted by atomic mass is 32.1. The topological polar surface area (TPSA) is 122 Å². The molecular weight excluding hydrogens is 234 g/mol. The Labute approximate surface area is 98.2 Å². The highest BCUT2D eigenvalue weighted by molar-refractivity contribution is 7.80. The predicted octanol–water partition coefficient (Wildman–Crippen LogP) is -2.05. The van der Waals surface area contributed by atoms with Crippen LogP contribution in [0.4, 0.5) is 0 Å². The number of hydrogen-bond donors (Lipinski definition) is 5. The molecule has 0 saturated heterocycles. The van der Waals surface area contributed by atoms with E-state index in [9.17, 15) is 14.4 Å². The van der Waals surface area contributed by atoms with Crippen molar-refractivity contribution in [2.75, 3.05) is 12.3 Å². The van der Waals surface area contributed by atoms with E-state index in [0.29, 0.717) is 0 Å². The van der Waals surface area contributed by atoms with Gasteiger partial charge in [0.25, 0.3) is 0 Å². The van der Waals surface area contributed by atoms with E-state index in [0.717, 1.165) is 0 Å². The van der Waals surface area contributed by atoms with Crippen LogP contribution in [0, 0.1) is 0 Å². The molecule has 2 atom stereocenters. The van der Waals surface area contributed by atoms with Crippen molar-refractivity contribution in [2.45, 2.75) is 19.0 Å². The molecule has 0 aromatic heterocycles. The Bertz CT molecular complexity index is 282. The maximum Gasteiger partial charge on any atom is 0.322 e. The molecule has 5 N–H and O–H groups in total. The lowest BCUT2D eigenvalue weighted by Crippen LogP contribution is -2.52. The van der Waals surface area contributed by atoms with Gasteiger partial charge in [0, 0.05) is 5.75 Å². The number of carboxylic acid groups (broad SMARTS) is 1. The van der Waals surface area contributed by atoms with Crippen molar-refractivity contribution in [2.24, 2.45) is 5.73 Å². The number of thiol groups is 1. The number of amides is 2. The van der Waals surface area contributed by atoms with Crippen LogP contribution < -0.4 is 16.4 Å². The molecule has 7 nitrogen and oxygen atoms in total. The summed E-state index contributed by atoms with van der Waals surface area (Å²) in [6.45, 7) is 0.969. The minimum Gasteiger partial charge on any atom is -0.480 e. The molecule has 0 spiro atoms. The fraction of sp³-hybridized carbons (Fsp3) is 0.625. The van der Waals surface area contributed by atoms with Crippen molar-refractivity contribution in [1.82, 2.24) is 10.6 Å². The van der Waals surface area contributed by atoms with Crippen LogP contribution in [0.5, 0.6) is 0 Å². The van der Waals surface area contributed by atoms with Crippen LogP contribution in [0.3, 0.4) is 0 Å². The van der Waals surface area contributed by atoms with Gasteiger partial charge in [-0.15, -0.1) is 0 Å². The average molecular weight is 249 g/mol. The quantitative estimate of drug-likeness (QED) is 0.347. The number of hydrogen-bond acceptors (Lipinski definition) is 5. The molecule has 0 radical (unpaired) electrons. The molecule has 0 aliphatic carbocycles. The van der Waals surface area contributed by atoms with Crippen molar-refractivity contribution in [3.8, 4) is 0 Å². The van der Waals surface area contributed by atoms with Crippen LogP contribution in [-0.4, -0.2) is 47.3 Å². The van der Waals surface area contributed by atoms with Gasteiger partial charge in [0.1, 0.15) is 12.6 Å². The van der Waals surface area contributed by atoms with Crippen molar-refractivity contribution in [1.29, 1.82) is 0 Å². The van der Waals surface area contributed by atoms with Crippen LogP contribution in [-0.2, 0) is 14.4 Å². The monoisotopic (exact) mass is 249 g/mol. The molecule has 0 aromatic carbocycles. The van der Waals surface area contributed by atoms with Gasteiger partial charge in [-0.05, 0) is 6.92 Å². The van der Waals surface area contributed by atoms with Gasteiger partial charge in [-0.25, -0.2) is 0 Å². The summed E-state index contributed by atoms with van der Waals surface area (Å²) in [7, 11) is 0.